The number of para-hydroxylation sites is 1. The van der Waals surface area contributed by atoms with E-state index in [1.165, 1.54) is 11.3 Å². The fourth-order valence-electron chi connectivity index (χ4n) is 3.95. The molecule has 4 heteroatoms. The Balaban J connectivity index is 1.61. The number of hydrogen-bond donors (Lipinski definition) is 0. The van der Waals surface area contributed by atoms with E-state index in [2.05, 4.69) is 83.5 Å². The summed E-state index contributed by atoms with van der Waals surface area (Å²) in [5, 5.41) is 2.18. The van der Waals surface area contributed by atoms with Crippen molar-refractivity contribution in [2.45, 2.75) is 19.9 Å². The molecule has 5 rings (SSSR count). The highest BCUT2D eigenvalue weighted by atomic mass is 16.3. The van der Waals surface area contributed by atoms with Crippen molar-refractivity contribution in [3.8, 4) is 0 Å². The summed E-state index contributed by atoms with van der Waals surface area (Å²) in [6.45, 7) is 5.27. The Kier molecular flexibility index (Phi) is 3.64. The number of pyridine rings is 1. The summed E-state index contributed by atoms with van der Waals surface area (Å²) in [5.74, 6) is 0. The minimum Gasteiger partial charge on any atom is -0.435 e. The van der Waals surface area contributed by atoms with Gasteiger partial charge in [-0.3, -0.25) is 0 Å². The molecule has 0 spiro atoms. The number of aryl methyl sites for hydroxylation is 1. The molecule has 27 heavy (non-hydrogen) atoms. The third kappa shape index (κ3) is 2.56. The molecule has 3 heterocycles. The third-order valence-electron chi connectivity index (χ3n) is 5.28. The van der Waals surface area contributed by atoms with Crippen LogP contribution in [-0.4, -0.2) is 17.6 Å². The van der Waals surface area contributed by atoms with Crippen LogP contribution in [0, 0.1) is 6.92 Å². The summed E-state index contributed by atoms with van der Waals surface area (Å²) < 4.78 is 6.16. The number of anilines is 2. The average molecular weight is 355 g/mol. The van der Waals surface area contributed by atoms with Crippen LogP contribution >= 0.6 is 0 Å². The number of nitrogens with zero attached hydrogens (tertiary/aromatic N) is 3. The second-order valence-electron chi connectivity index (χ2n) is 7.11. The van der Waals surface area contributed by atoms with Crippen molar-refractivity contribution in [3.05, 3.63) is 78.8 Å². The van der Waals surface area contributed by atoms with Crippen LogP contribution in [0.4, 0.5) is 11.4 Å². The molecule has 2 aromatic carbocycles. The van der Waals surface area contributed by atoms with Gasteiger partial charge in [-0.1, -0.05) is 30.3 Å². The smallest absolute Gasteiger partial charge is 0.227 e. The van der Waals surface area contributed by atoms with Crippen LogP contribution < -0.4 is 9.80 Å². The Bertz CT molecular complexity index is 1150. The molecule has 0 amide bonds. The molecule has 1 aliphatic heterocycles. The zero-order valence-electron chi connectivity index (χ0n) is 15.5. The SMILES string of the molecule is Cc1ccc2c(oc3ncccc32)c1N1C=CN(c2ccccc2)[C@@H](C)C1. The summed E-state index contributed by atoms with van der Waals surface area (Å²) in [6, 6.07) is 19.2. The largest absolute Gasteiger partial charge is 0.435 e. The molecule has 0 aliphatic carbocycles. The molecule has 0 saturated carbocycles. The Labute approximate surface area is 158 Å². The molecule has 0 fully saturated rings. The highest BCUT2D eigenvalue weighted by molar-refractivity contribution is 6.08. The number of furan rings is 1. The number of benzene rings is 2. The lowest BCUT2D eigenvalue weighted by Crippen LogP contribution is -2.42. The number of fused-ring (bicyclic) bond motifs is 3. The first-order valence-corrected chi connectivity index (χ1v) is 9.27. The molecular formula is C23H21N3O. The Morgan fingerprint density at radius 2 is 1.81 bits per heavy atom. The summed E-state index contributed by atoms with van der Waals surface area (Å²) >= 11 is 0. The van der Waals surface area contributed by atoms with E-state index < -0.39 is 0 Å². The predicted octanol–water partition coefficient (Wildman–Crippen LogP) is 5.48. The fourth-order valence-corrected chi connectivity index (χ4v) is 3.95. The normalized spacial score (nSPS) is 17.2. The lowest BCUT2D eigenvalue weighted by Gasteiger charge is -2.37. The van der Waals surface area contributed by atoms with Crippen LogP contribution in [0.5, 0.6) is 0 Å². The summed E-state index contributed by atoms with van der Waals surface area (Å²) in [6.07, 6.45) is 6.08. The van der Waals surface area contributed by atoms with Crippen LogP contribution in [0.1, 0.15) is 12.5 Å². The standard InChI is InChI=1S/C23H21N3O/c1-16-10-11-19-20-9-6-12-24-23(20)27-22(19)21(16)25-13-14-26(17(2)15-25)18-7-4-3-5-8-18/h3-14,17H,15H2,1-2H3/t17-/m0/s1. The van der Waals surface area contributed by atoms with Crippen LogP contribution in [0.2, 0.25) is 0 Å². The first-order valence-electron chi connectivity index (χ1n) is 9.27. The van der Waals surface area contributed by atoms with E-state index in [9.17, 15) is 0 Å². The second kappa shape index (κ2) is 6.16. The maximum Gasteiger partial charge on any atom is 0.227 e. The molecule has 134 valence electrons. The second-order valence-corrected chi connectivity index (χ2v) is 7.11. The van der Waals surface area contributed by atoms with Crippen molar-refractivity contribution in [2.24, 2.45) is 0 Å². The molecule has 1 atom stereocenters. The monoisotopic (exact) mass is 355 g/mol. The van der Waals surface area contributed by atoms with Crippen molar-refractivity contribution >= 4 is 33.4 Å². The molecule has 4 nitrogen and oxygen atoms in total. The molecule has 0 radical (unpaired) electrons. The Morgan fingerprint density at radius 1 is 0.963 bits per heavy atom. The van der Waals surface area contributed by atoms with Gasteiger partial charge in [0.15, 0.2) is 5.58 Å². The average Bonchev–Trinajstić information content (AvgIpc) is 3.07. The van der Waals surface area contributed by atoms with E-state index in [0.29, 0.717) is 11.8 Å². The van der Waals surface area contributed by atoms with Gasteiger partial charge in [0.1, 0.15) is 0 Å². The minimum atomic E-state index is 0.342. The van der Waals surface area contributed by atoms with E-state index >= 15 is 0 Å². The lowest BCUT2D eigenvalue weighted by molar-refractivity contribution is 0.643. The fraction of sp³-hybridized carbons (Fsp3) is 0.174. The minimum absolute atomic E-state index is 0.342. The third-order valence-corrected chi connectivity index (χ3v) is 5.28. The van der Waals surface area contributed by atoms with Crippen molar-refractivity contribution in [1.29, 1.82) is 0 Å². The number of aromatic nitrogens is 1. The molecule has 1 aliphatic rings. The first kappa shape index (κ1) is 15.9. The Hall–Kier alpha value is -3.27. The van der Waals surface area contributed by atoms with Crippen molar-refractivity contribution in [3.63, 3.8) is 0 Å². The van der Waals surface area contributed by atoms with Gasteiger partial charge in [0.2, 0.25) is 5.71 Å². The van der Waals surface area contributed by atoms with Crippen molar-refractivity contribution in [2.75, 3.05) is 16.3 Å². The molecule has 4 aromatic rings. The predicted molar refractivity (Wildman–Crippen MR) is 111 cm³/mol. The summed E-state index contributed by atoms with van der Waals surface area (Å²) in [7, 11) is 0. The van der Waals surface area contributed by atoms with Gasteiger partial charge in [0.25, 0.3) is 0 Å². The van der Waals surface area contributed by atoms with E-state index in [-0.39, 0.29) is 0 Å². The van der Waals surface area contributed by atoms with Gasteiger partial charge >= 0.3 is 0 Å². The van der Waals surface area contributed by atoms with Crippen LogP contribution in [0.3, 0.4) is 0 Å². The maximum absolute atomic E-state index is 6.16. The highest BCUT2D eigenvalue weighted by Gasteiger charge is 2.24. The zero-order valence-corrected chi connectivity index (χ0v) is 15.5. The van der Waals surface area contributed by atoms with Crippen LogP contribution in [0.25, 0.3) is 22.1 Å². The van der Waals surface area contributed by atoms with Gasteiger partial charge in [0.05, 0.1) is 5.69 Å². The van der Waals surface area contributed by atoms with E-state index in [1.54, 1.807) is 6.20 Å². The topological polar surface area (TPSA) is 32.5 Å². The van der Waals surface area contributed by atoms with Crippen LogP contribution in [0.15, 0.2) is 77.6 Å². The maximum atomic E-state index is 6.16. The van der Waals surface area contributed by atoms with E-state index in [4.69, 9.17) is 4.42 Å². The molecule has 2 aromatic heterocycles. The quantitative estimate of drug-likeness (QED) is 0.477. The summed E-state index contributed by atoms with van der Waals surface area (Å²) in [4.78, 5) is 9.00. The molecular weight excluding hydrogens is 334 g/mol. The van der Waals surface area contributed by atoms with Crippen molar-refractivity contribution in [1.82, 2.24) is 4.98 Å². The zero-order chi connectivity index (χ0) is 18.4. The first-order chi connectivity index (χ1) is 13.2. The number of rotatable bonds is 2. The van der Waals surface area contributed by atoms with Gasteiger partial charge in [0, 0.05) is 47.6 Å². The highest BCUT2D eigenvalue weighted by Crippen LogP contribution is 2.38. The van der Waals surface area contributed by atoms with Crippen LogP contribution in [-0.2, 0) is 0 Å². The molecule has 0 bridgehead atoms. The van der Waals surface area contributed by atoms with Gasteiger partial charge in [-0.25, -0.2) is 4.98 Å². The lowest BCUT2D eigenvalue weighted by atomic mass is 10.1. The van der Waals surface area contributed by atoms with Gasteiger partial charge < -0.3 is 14.2 Å². The number of hydrogen-bond acceptors (Lipinski definition) is 4. The summed E-state index contributed by atoms with van der Waals surface area (Å²) in [5.41, 5.74) is 5.14. The van der Waals surface area contributed by atoms with E-state index in [1.807, 2.05) is 12.1 Å². The van der Waals surface area contributed by atoms with E-state index in [0.717, 1.165) is 28.6 Å². The molecule has 0 N–H and O–H groups in total. The van der Waals surface area contributed by atoms with Gasteiger partial charge in [-0.05, 0) is 43.7 Å². The van der Waals surface area contributed by atoms with Gasteiger partial charge in [-0.15, -0.1) is 0 Å². The van der Waals surface area contributed by atoms with Crippen molar-refractivity contribution < 1.29 is 4.42 Å². The Morgan fingerprint density at radius 3 is 2.63 bits per heavy atom. The molecule has 0 unspecified atom stereocenters. The van der Waals surface area contributed by atoms with Gasteiger partial charge in [-0.2, -0.15) is 0 Å². The molecule has 0 saturated heterocycles.